The molecule has 0 radical (unpaired) electrons. The molecule has 0 rings (SSSR count). The summed E-state index contributed by atoms with van der Waals surface area (Å²) < 4.78 is 0. The van der Waals surface area contributed by atoms with Gasteiger partial charge in [-0.1, -0.05) is 22.9 Å². The fraction of sp³-hybridized carbons (Fsp3) is 1.00. The van der Waals surface area contributed by atoms with Gasteiger partial charge in [0.05, 0.1) is 5.34 Å². The van der Waals surface area contributed by atoms with Crippen molar-refractivity contribution in [3.63, 3.8) is 0 Å². The minimum Gasteiger partial charge on any atom is -0.382 e. The van der Waals surface area contributed by atoms with Crippen molar-refractivity contribution in [3.8, 4) is 0 Å². The van der Waals surface area contributed by atoms with E-state index in [1.165, 1.54) is 0 Å². The van der Waals surface area contributed by atoms with E-state index in [-0.39, 0.29) is 10.4 Å². The van der Waals surface area contributed by atoms with Gasteiger partial charge in [0.2, 0.25) is 0 Å². The van der Waals surface area contributed by atoms with Gasteiger partial charge in [-0.05, 0) is 6.42 Å². The van der Waals surface area contributed by atoms with Crippen molar-refractivity contribution >= 4 is 39.1 Å². The maximum atomic E-state index is 8.28. The third-order valence-corrected chi connectivity index (χ3v) is 0.984. The molecule has 0 spiro atoms. The molecule has 8 heavy (non-hydrogen) atoms. The number of aliphatic hydroxyl groups excluding tert-OH is 1. The molecule has 0 amide bonds. The normalized spacial score (nSPS) is 11.6. The predicted octanol–water partition coefficient (Wildman–Crippen LogP) is 2.53. The van der Waals surface area contributed by atoms with Crippen LogP contribution in [0.25, 0.3) is 0 Å². The molecule has 1 unspecified atom stereocenters. The Morgan fingerprint density at radius 3 is 1.75 bits per heavy atom. The first-order valence-electron chi connectivity index (χ1n) is 2.13. The maximum Gasteiger partial charge on any atom is 0.108 e. The van der Waals surface area contributed by atoms with Gasteiger partial charge in [0.1, 0.15) is 5.01 Å². The van der Waals surface area contributed by atoms with E-state index in [4.69, 9.17) is 28.3 Å². The van der Waals surface area contributed by atoms with Crippen molar-refractivity contribution in [1.29, 1.82) is 0 Å². The molecule has 0 aromatic rings. The number of aliphatic hydroxyl groups is 1. The fourth-order valence-electron chi connectivity index (χ4n) is 0. The number of halogens is 3. The molecule has 0 bridgehead atoms. The lowest BCUT2D eigenvalue weighted by atomic mass is 10.5. The second-order valence-corrected chi connectivity index (χ2v) is 2.81. The van der Waals surface area contributed by atoms with E-state index < -0.39 is 0 Å². The molecule has 4 heteroatoms. The van der Waals surface area contributed by atoms with Crippen molar-refractivity contribution < 1.29 is 5.11 Å². The molecule has 52 valence electrons. The average molecular weight is 224 g/mol. The van der Waals surface area contributed by atoms with Crippen molar-refractivity contribution in [2.24, 2.45) is 0 Å². The van der Waals surface area contributed by atoms with Gasteiger partial charge in [-0.3, -0.25) is 0 Å². The summed E-state index contributed by atoms with van der Waals surface area (Å²) in [5, 5.41) is 8.17. The number of hydrogen-bond acceptors (Lipinski definition) is 1. The Morgan fingerprint density at radius 2 is 1.75 bits per heavy atom. The molecule has 0 aliphatic rings. The van der Waals surface area contributed by atoms with Gasteiger partial charge < -0.3 is 5.11 Å². The van der Waals surface area contributed by atoms with Crippen LogP contribution in [0.15, 0.2) is 0 Å². The monoisotopic (exact) mass is 222 g/mol. The standard InChI is InChI=1S/C3H7BrO.CH2Cl2/c1-2-3(4)5;2-1-3/h3,5H,2H2,1H3;1H2. The zero-order valence-corrected chi connectivity index (χ0v) is 7.67. The van der Waals surface area contributed by atoms with Gasteiger partial charge >= 0.3 is 0 Å². The van der Waals surface area contributed by atoms with Crippen LogP contribution in [0.5, 0.6) is 0 Å². The average Bonchev–Trinajstić information content (AvgIpc) is 1.69. The predicted molar refractivity (Wildman–Crippen MR) is 41.8 cm³/mol. The first-order chi connectivity index (χ1) is 3.68. The smallest absolute Gasteiger partial charge is 0.108 e. The van der Waals surface area contributed by atoms with E-state index in [0.29, 0.717) is 0 Å². The minimum absolute atomic E-state index is 0.194. The molecule has 0 aliphatic heterocycles. The summed E-state index contributed by atoms with van der Waals surface area (Å²) in [6.07, 6.45) is 0.778. The molecule has 0 saturated carbocycles. The summed E-state index contributed by atoms with van der Waals surface area (Å²) in [6, 6.07) is 0. The van der Waals surface area contributed by atoms with Crippen LogP contribution in [-0.2, 0) is 0 Å². The summed E-state index contributed by atoms with van der Waals surface area (Å²) in [4.78, 5) is 0. The summed E-state index contributed by atoms with van der Waals surface area (Å²) in [7, 11) is 0. The van der Waals surface area contributed by atoms with Crippen LogP contribution in [0.1, 0.15) is 13.3 Å². The van der Waals surface area contributed by atoms with Crippen molar-refractivity contribution in [2.45, 2.75) is 18.4 Å². The van der Waals surface area contributed by atoms with E-state index in [1.807, 2.05) is 6.92 Å². The highest BCUT2D eigenvalue weighted by Gasteiger charge is 1.84. The third-order valence-electron chi connectivity index (χ3n) is 0.337. The second kappa shape index (κ2) is 10.9. The molecule has 1 atom stereocenters. The zero-order valence-electron chi connectivity index (χ0n) is 4.57. The maximum absolute atomic E-state index is 8.28. The molecule has 0 heterocycles. The quantitative estimate of drug-likeness (QED) is 0.678. The molecular formula is C4H9BrCl2O. The summed E-state index contributed by atoms with van der Waals surface area (Å²) in [5.41, 5.74) is 0. The fourth-order valence-corrected chi connectivity index (χ4v) is 0. The molecule has 0 aromatic heterocycles. The van der Waals surface area contributed by atoms with E-state index in [1.54, 1.807) is 0 Å². The Kier molecular flexibility index (Phi) is 16.0. The van der Waals surface area contributed by atoms with Crippen molar-refractivity contribution in [3.05, 3.63) is 0 Å². The molecule has 0 aliphatic carbocycles. The first kappa shape index (κ1) is 11.8. The number of hydrogen-bond donors (Lipinski definition) is 1. The van der Waals surface area contributed by atoms with Crippen molar-refractivity contribution in [1.82, 2.24) is 0 Å². The number of rotatable bonds is 1. The lowest BCUT2D eigenvalue weighted by Crippen LogP contribution is -1.87. The Morgan fingerprint density at radius 1 is 1.62 bits per heavy atom. The molecule has 1 N–H and O–H groups in total. The van der Waals surface area contributed by atoms with Crippen LogP contribution in [-0.4, -0.2) is 15.5 Å². The van der Waals surface area contributed by atoms with Crippen molar-refractivity contribution in [2.75, 3.05) is 5.34 Å². The van der Waals surface area contributed by atoms with Gasteiger partial charge in [-0.2, -0.15) is 0 Å². The lowest BCUT2D eigenvalue weighted by molar-refractivity contribution is 0.266. The Balaban J connectivity index is 0. The Labute approximate surface area is 68.1 Å². The van der Waals surface area contributed by atoms with E-state index >= 15 is 0 Å². The van der Waals surface area contributed by atoms with Crippen LogP contribution in [0.2, 0.25) is 0 Å². The summed E-state index contributed by atoms with van der Waals surface area (Å²) in [5.74, 6) is 0. The summed E-state index contributed by atoms with van der Waals surface area (Å²) >= 11 is 12.5. The topological polar surface area (TPSA) is 20.2 Å². The summed E-state index contributed by atoms with van der Waals surface area (Å²) in [6.45, 7) is 1.90. The van der Waals surface area contributed by atoms with Crippen LogP contribution >= 0.6 is 39.1 Å². The van der Waals surface area contributed by atoms with Crippen LogP contribution in [0.4, 0.5) is 0 Å². The van der Waals surface area contributed by atoms with Crippen LogP contribution in [0.3, 0.4) is 0 Å². The molecule has 0 saturated heterocycles. The second-order valence-electron chi connectivity index (χ2n) is 0.944. The molecule has 0 aromatic carbocycles. The van der Waals surface area contributed by atoms with Gasteiger partial charge in [-0.15, -0.1) is 23.2 Å². The van der Waals surface area contributed by atoms with Gasteiger partial charge in [0.25, 0.3) is 0 Å². The third kappa shape index (κ3) is 27.9. The molecular weight excluding hydrogens is 215 g/mol. The van der Waals surface area contributed by atoms with Gasteiger partial charge in [0.15, 0.2) is 0 Å². The zero-order chi connectivity index (χ0) is 6.99. The largest absolute Gasteiger partial charge is 0.382 e. The van der Waals surface area contributed by atoms with Gasteiger partial charge in [-0.25, -0.2) is 0 Å². The SMILES string of the molecule is CCC(O)Br.ClCCl. The lowest BCUT2D eigenvalue weighted by Gasteiger charge is -1.88. The highest BCUT2D eigenvalue weighted by Crippen LogP contribution is 1.95. The highest BCUT2D eigenvalue weighted by atomic mass is 79.9. The molecule has 1 nitrogen and oxygen atoms in total. The molecule has 0 fully saturated rings. The van der Waals surface area contributed by atoms with E-state index in [0.717, 1.165) is 6.42 Å². The Hall–Kier alpha value is 1.02. The van der Waals surface area contributed by atoms with Crippen LogP contribution < -0.4 is 0 Å². The first-order valence-corrected chi connectivity index (χ1v) is 4.11. The highest BCUT2D eigenvalue weighted by molar-refractivity contribution is 9.09. The van der Waals surface area contributed by atoms with E-state index in [9.17, 15) is 0 Å². The van der Waals surface area contributed by atoms with Crippen LogP contribution in [0, 0.1) is 0 Å². The van der Waals surface area contributed by atoms with Gasteiger partial charge in [0, 0.05) is 0 Å². The number of alkyl halides is 3. The Bertz CT molecular complexity index is 35.2. The van der Waals surface area contributed by atoms with E-state index in [2.05, 4.69) is 15.9 Å². The minimum atomic E-state index is -0.303.